The second-order valence-corrected chi connectivity index (χ2v) is 4.21. The predicted molar refractivity (Wildman–Crippen MR) is 66.3 cm³/mol. The van der Waals surface area contributed by atoms with Gasteiger partial charge in [0.15, 0.2) is 0 Å². The van der Waals surface area contributed by atoms with Gasteiger partial charge in [-0.1, -0.05) is 12.1 Å². The van der Waals surface area contributed by atoms with Crippen LogP contribution in [0.25, 0.3) is 0 Å². The number of hydrogen-bond acceptors (Lipinski definition) is 3. The molecule has 1 unspecified atom stereocenters. The van der Waals surface area contributed by atoms with Gasteiger partial charge >= 0.3 is 6.18 Å². The van der Waals surface area contributed by atoms with Gasteiger partial charge in [-0.05, 0) is 17.7 Å². The van der Waals surface area contributed by atoms with E-state index in [1.165, 1.54) is 7.11 Å². The van der Waals surface area contributed by atoms with Gasteiger partial charge in [0.2, 0.25) is 5.91 Å². The minimum atomic E-state index is -4.36. The molecular weight excluding hydrogens is 275 g/mol. The van der Waals surface area contributed by atoms with Gasteiger partial charge in [0.05, 0.1) is 19.6 Å². The topological polar surface area (TPSA) is 58.6 Å². The number of amides is 1. The van der Waals surface area contributed by atoms with Crippen molar-refractivity contribution in [3.8, 4) is 5.75 Å². The Hall–Kier alpha value is -1.76. The van der Waals surface area contributed by atoms with Crippen molar-refractivity contribution < 1.29 is 27.8 Å². The Morgan fingerprint density at radius 3 is 2.45 bits per heavy atom. The number of nitrogens with one attached hydrogen (secondary N) is 1. The quantitative estimate of drug-likeness (QED) is 0.844. The number of hydrogen-bond donors (Lipinski definition) is 2. The molecule has 112 valence electrons. The molecule has 1 aromatic carbocycles. The predicted octanol–water partition coefficient (Wildman–Crippen LogP) is 2.19. The summed E-state index contributed by atoms with van der Waals surface area (Å²) in [5.41, 5.74) is 0.543. The first kappa shape index (κ1) is 16.3. The molecule has 0 aliphatic heterocycles. The highest BCUT2D eigenvalue weighted by atomic mass is 19.4. The molecule has 1 amide bonds. The Balaban J connectivity index is 2.38. The average Bonchev–Trinajstić information content (AvgIpc) is 2.41. The molecular formula is C13H16F3NO3. The number of aliphatic hydroxyl groups excluding tert-OH is 1. The van der Waals surface area contributed by atoms with Gasteiger partial charge in [-0.2, -0.15) is 13.2 Å². The summed E-state index contributed by atoms with van der Waals surface area (Å²) in [6.07, 6.45) is -7.14. The number of carbonyl (C=O) groups excluding carboxylic acids is 1. The third-order valence-corrected chi connectivity index (χ3v) is 2.63. The van der Waals surface area contributed by atoms with Gasteiger partial charge in [0.1, 0.15) is 5.75 Å². The fraction of sp³-hybridized carbons (Fsp3) is 0.462. The van der Waals surface area contributed by atoms with Crippen LogP contribution < -0.4 is 10.1 Å². The number of halogens is 3. The Morgan fingerprint density at radius 2 is 1.95 bits per heavy atom. The summed E-state index contributed by atoms with van der Waals surface area (Å²) in [7, 11) is 1.51. The monoisotopic (exact) mass is 291 g/mol. The molecule has 0 bridgehead atoms. The first-order chi connectivity index (χ1) is 9.31. The number of ether oxygens (including phenoxy) is 1. The minimum absolute atomic E-state index is 0.136. The molecule has 0 aliphatic carbocycles. The van der Waals surface area contributed by atoms with Crippen LogP contribution in [0.3, 0.4) is 0 Å². The van der Waals surface area contributed by atoms with Crippen molar-refractivity contribution in [1.82, 2.24) is 5.32 Å². The molecule has 20 heavy (non-hydrogen) atoms. The molecule has 0 heterocycles. The number of aliphatic hydroxyl groups is 1. The van der Waals surface area contributed by atoms with Crippen LogP contribution in [0.5, 0.6) is 5.75 Å². The summed E-state index contributed by atoms with van der Waals surface area (Å²) in [6, 6.07) is 6.52. The van der Waals surface area contributed by atoms with Gasteiger partial charge in [0.25, 0.3) is 0 Å². The zero-order valence-corrected chi connectivity index (χ0v) is 10.9. The summed E-state index contributed by atoms with van der Waals surface area (Å²) in [5.74, 6) is -0.120. The standard InChI is InChI=1S/C13H16F3NO3/c1-20-10-4-2-9(3-5-10)11(18)8-17-12(19)6-7-13(14,15)16/h2-5,11,18H,6-8H2,1H3,(H,17,19). The van der Waals surface area contributed by atoms with E-state index in [9.17, 15) is 23.1 Å². The van der Waals surface area contributed by atoms with Crippen LogP contribution in [-0.4, -0.2) is 30.8 Å². The van der Waals surface area contributed by atoms with E-state index < -0.39 is 31.0 Å². The Labute approximate surface area is 114 Å². The number of rotatable bonds is 6. The van der Waals surface area contributed by atoms with Crippen molar-refractivity contribution in [2.75, 3.05) is 13.7 Å². The Bertz CT molecular complexity index is 431. The first-order valence-electron chi connectivity index (χ1n) is 5.97. The van der Waals surface area contributed by atoms with E-state index in [2.05, 4.69) is 5.32 Å². The first-order valence-corrected chi connectivity index (χ1v) is 5.97. The van der Waals surface area contributed by atoms with Crippen molar-refractivity contribution in [3.63, 3.8) is 0 Å². The van der Waals surface area contributed by atoms with Crippen LogP contribution in [0.15, 0.2) is 24.3 Å². The summed E-state index contributed by atoms with van der Waals surface area (Å²) in [5, 5.41) is 12.0. The summed E-state index contributed by atoms with van der Waals surface area (Å²) >= 11 is 0. The molecule has 0 saturated carbocycles. The summed E-state index contributed by atoms with van der Waals surface area (Å²) < 4.78 is 40.7. The summed E-state index contributed by atoms with van der Waals surface area (Å²) in [4.78, 5) is 11.2. The molecule has 0 radical (unpaired) electrons. The molecule has 0 spiro atoms. The SMILES string of the molecule is COc1ccc(C(O)CNC(=O)CCC(F)(F)F)cc1. The lowest BCUT2D eigenvalue weighted by molar-refractivity contribution is -0.144. The van der Waals surface area contributed by atoms with Crippen LogP contribution in [-0.2, 0) is 4.79 Å². The molecule has 1 rings (SSSR count). The maximum Gasteiger partial charge on any atom is 0.389 e. The van der Waals surface area contributed by atoms with Gasteiger partial charge in [-0.3, -0.25) is 4.79 Å². The van der Waals surface area contributed by atoms with E-state index in [1.54, 1.807) is 24.3 Å². The van der Waals surface area contributed by atoms with Crippen LogP contribution in [0.1, 0.15) is 24.5 Å². The maximum atomic E-state index is 11.9. The van der Waals surface area contributed by atoms with Crippen molar-refractivity contribution in [2.45, 2.75) is 25.1 Å². The average molecular weight is 291 g/mol. The highest BCUT2D eigenvalue weighted by molar-refractivity contribution is 5.75. The van der Waals surface area contributed by atoms with E-state index in [-0.39, 0.29) is 6.54 Å². The number of methoxy groups -OCH3 is 1. The lowest BCUT2D eigenvalue weighted by Gasteiger charge is -2.13. The zero-order chi connectivity index (χ0) is 15.2. The zero-order valence-electron chi connectivity index (χ0n) is 10.9. The molecule has 0 aliphatic rings. The van der Waals surface area contributed by atoms with Gasteiger partial charge < -0.3 is 15.2 Å². The van der Waals surface area contributed by atoms with Crippen molar-refractivity contribution in [1.29, 1.82) is 0 Å². The fourth-order valence-corrected chi connectivity index (χ4v) is 1.50. The van der Waals surface area contributed by atoms with Crippen molar-refractivity contribution in [3.05, 3.63) is 29.8 Å². The molecule has 0 aromatic heterocycles. The van der Waals surface area contributed by atoms with Crippen LogP contribution >= 0.6 is 0 Å². The number of benzene rings is 1. The molecule has 7 heteroatoms. The Morgan fingerprint density at radius 1 is 1.35 bits per heavy atom. The molecule has 0 fully saturated rings. The van der Waals surface area contributed by atoms with E-state index in [0.717, 1.165) is 0 Å². The molecule has 2 N–H and O–H groups in total. The van der Waals surface area contributed by atoms with E-state index in [1.807, 2.05) is 0 Å². The van der Waals surface area contributed by atoms with Crippen molar-refractivity contribution in [2.24, 2.45) is 0 Å². The second kappa shape index (κ2) is 7.14. The summed E-state index contributed by atoms with van der Waals surface area (Å²) in [6.45, 7) is -0.136. The smallest absolute Gasteiger partial charge is 0.389 e. The third-order valence-electron chi connectivity index (χ3n) is 2.63. The van der Waals surface area contributed by atoms with E-state index >= 15 is 0 Å². The third kappa shape index (κ3) is 5.92. The second-order valence-electron chi connectivity index (χ2n) is 4.21. The normalized spacial score (nSPS) is 12.8. The number of alkyl halides is 3. The molecule has 0 saturated heterocycles. The Kier molecular flexibility index (Phi) is 5.82. The fourth-order valence-electron chi connectivity index (χ4n) is 1.50. The largest absolute Gasteiger partial charge is 0.497 e. The lowest BCUT2D eigenvalue weighted by Crippen LogP contribution is -2.29. The van der Waals surface area contributed by atoms with Gasteiger partial charge in [0, 0.05) is 13.0 Å². The van der Waals surface area contributed by atoms with Crippen molar-refractivity contribution >= 4 is 5.91 Å². The molecule has 1 atom stereocenters. The molecule has 4 nitrogen and oxygen atoms in total. The molecule has 1 aromatic rings. The number of carbonyl (C=O) groups is 1. The van der Waals surface area contributed by atoms with Crippen LogP contribution in [0, 0.1) is 0 Å². The minimum Gasteiger partial charge on any atom is -0.497 e. The van der Waals surface area contributed by atoms with Crippen LogP contribution in [0.4, 0.5) is 13.2 Å². The maximum absolute atomic E-state index is 11.9. The van der Waals surface area contributed by atoms with Gasteiger partial charge in [-0.15, -0.1) is 0 Å². The lowest BCUT2D eigenvalue weighted by atomic mass is 10.1. The van der Waals surface area contributed by atoms with Gasteiger partial charge in [-0.25, -0.2) is 0 Å². The van der Waals surface area contributed by atoms with E-state index in [4.69, 9.17) is 4.74 Å². The highest BCUT2D eigenvalue weighted by Gasteiger charge is 2.27. The van der Waals surface area contributed by atoms with Crippen LogP contribution in [0.2, 0.25) is 0 Å². The highest BCUT2D eigenvalue weighted by Crippen LogP contribution is 2.21. The van der Waals surface area contributed by atoms with E-state index in [0.29, 0.717) is 11.3 Å².